The summed E-state index contributed by atoms with van der Waals surface area (Å²) in [5.74, 6) is -0.738. The summed E-state index contributed by atoms with van der Waals surface area (Å²) in [6, 6.07) is 15.4. The molecule has 1 aliphatic rings. The number of anilines is 1. The summed E-state index contributed by atoms with van der Waals surface area (Å²) in [5.41, 5.74) is 2.54. The van der Waals surface area contributed by atoms with Crippen LogP contribution in [0.15, 0.2) is 59.5 Å². The maximum atomic E-state index is 13.4. The maximum Gasteiger partial charge on any atom is 0.323 e. The number of sulfonamides is 1. The molecule has 2 N–H and O–H groups in total. The zero-order chi connectivity index (χ0) is 32.9. The summed E-state index contributed by atoms with van der Waals surface area (Å²) in [4.78, 5) is 43.8. The van der Waals surface area contributed by atoms with Crippen LogP contribution in [0.1, 0.15) is 64.4 Å². The molecule has 45 heavy (non-hydrogen) atoms. The van der Waals surface area contributed by atoms with E-state index in [9.17, 15) is 22.8 Å². The molecule has 1 aliphatic heterocycles. The van der Waals surface area contributed by atoms with Crippen LogP contribution in [-0.4, -0.2) is 74.1 Å². The van der Waals surface area contributed by atoms with Crippen molar-refractivity contribution in [3.8, 4) is 0 Å². The highest BCUT2D eigenvalue weighted by atomic mass is 32.2. The van der Waals surface area contributed by atoms with E-state index >= 15 is 0 Å². The topological polar surface area (TPSA) is 119 Å². The molecule has 0 radical (unpaired) electrons. The largest absolute Gasteiger partial charge is 0.331 e. The van der Waals surface area contributed by atoms with Gasteiger partial charge in [-0.3, -0.25) is 19.8 Å². The number of carbonyl (C=O) groups excluding carboxylic acids is 3. The lowest BCUT2D eigenvalue weighted by atomic mass is 10.0. The van der Waals surface area contributed by atoms with Crippen LogP contribution in [0.2, 0.25) is 0 Å². The van der Waals surface area contributed by atoms with Crippen LogP contribution in [0.25, 0.3) is 0 Å². The quantitative estimate of drug-likeness (QED) is 0.291. The summed E-state index contributed by atoms with van der Waals surface area (Å²) in [6.45, 7) is 10.8. The number of nitrogens with zero attached hydrogens (tertiary/aromatic N) is 3. The van der Waals surface area contributed by atoms with Crippen LogP contribution >= 0.6 is 11.3 Å². The van der Waals surface area contributed by atoms with Crippen molar-refractivity contribution in [2.45, 2.75) is 52.1 Å². The Hall–Kier alpha value is -3.58. The Balaban J connectivity index is 1.58. The van der Waals surface area contributed by atoms with E-state index in [1.165, 1.54) is 50.4 Å². The third kappa shape index (κ3) is 8.57. The van der Waals surface area contributed by atoms with Gasteiger partial charge in [0.05, 0.1) is 10.5 Å². The molecule has 242 valence electrons. The van der Waals surface area contributed by atoms with Crippen LogP contribution in [-0.2, 0) is 29.5 Å². The van der Waals surface area contributed by atoms with Gasteiger partial charge < -0.3 is 10.2 Å². The first-order valence-corrected chi connectivity index (χ1v) is 17.4. The Kier molecular flexibility index (Phi) is 11.2. The molecule has 10 nitrogen and oxygen atoms in total. The molecule has 2 aromatic carbocycles. The first kappa shape index (κ1) is 34.3. The lowest BCUT2D eigenvalue weighted by molar-refractivity contribution is 0.0956. The predicted molar refractivity (Wildman–Crippen MR) is 178 cm³/mol. The molecule has 0 saturated heterocycles. The van der Waals surface area contributed by atoms with E-state index in [1.54, 1.807) is 14.1 Å². The Bertz CT molecular complexity index is 1610. The van der Waals surface area contributed by atoms with Crippen molar-refractivity contribution < 1.29 is 22.8 Å². The Labute approximate surface area is 270 Å². The van der Waals surface area contributed by atoms with E-state index in [0.717, 1.165) is 17.0 Å². The van der Waals surface area contributed by atoms with Crippen molar-refractivity contribution in [2.24, 2.45) is 11.8 Å². The molecule has 12 heteroatoms. The van der Waals surface area contributed by atoms with Gasteiger partial charge in [-0.2, -0.15) is 4.31 Å². The lowest BCUT2D eigenvalue weighted by Crippen LogP contribution is -2.39. The minimum atomic E-state index is -3.75. The fourth-order valence-electron chi connectivity index (χ4n) is 5.22. The van der Waals surface area contributed by atoms with Gasteiger partial charge in [0.25, 0.3) is 11.8 Å². The SMILES string of the molecule is CC(C)CN(CC(C)C)S(=O)(=O)c1ccc(C(=O)Nc2sc3c(c2C(=O)NC(=O)N(C)C)CCN(Cc2ccccc2)C3)cc1. The number of benzene rings is 2. The summed E-state index contributed by atoms with van der Waals surface area (Å²) < 4.78 is 28.4. The fraction of sp³-hybridized carbons (Fsp3) is 0.424. The van der Waals surface area contributed by atoms with Crippen molar-refractivity contribution >= 4 is 44.2 Å². The molecule has 0 aliphatic carbocycles. The summed E-state index contributed by atoms with van der Waals surface area (Å²) in [5, 5.41) is 5.65. The first-order chi connectivity index (χ1) is 21.3. The number of urea groups is 1. The molecule has 1 aromatic heterocycles. The van der Waals surface area contributed by atoms with Gasteiger partial charge in [-0.05, 0) is 53.6 Å². The lowest BCUT2D eigenvalue weighted by Gasteiger charge is -2.27. The first-order valence-electron chi connectivity index (χ1n) is 15.1. The van der Waals surface area contributed by atoms with Gasteiger partial charge in [0, 0.05) is 57.3 Å². The van der Waals surface area contributed by atoms with E-state index in [-0.39, 0.29) is 27.9 Å². The van der Waals surface area contributed by atoms with Gasteiger partial charge in [-0.25, -0.2) is 13.2 Å². The van der Waals surface area contributed by atoms with Gasteiger partial charge in [0.15, 0.2) is 0 Å². The second-order valence-corrected chi connectivity index (χ2v) is 15.4. The molecular weight excluding hydrogens is 611 g/mol. The minimum absolute atomic E-state index is 0.118. The van der Waals surface area contributed by atoms with Crippen molar-refractivity contribution in [2.75, 3.05) is 39.0 Å². The van der Waals surface area contributed by atoms with Crippen LogP contribution in [0, 0.1) is 11.8 Å². The smallest absolute Gasteiger partial charge is 0.323 e. The van der Waals surface area contributed by atoms with Crippen LogP contribution in [0.5, 0.6) is 0 Å². The fourth-order valence-corrected chi connectivity index (χ4v) is 8.27. The number of amides is 4. The van der Waals surface area contributed by atoms with Crippen molar-refractivity contribution in [3.05, 3.63) is 81.7 Å². The van der Waals surface area contributed by atoms with Gasteiger partial charge in [0.1, 0.15) is 5.00 Å². The van der Waals surface area contributed by atoms with Gasteiger partial charge in [-0.1, -0.05) is 58.0 Å². The van der Waals surface area contributed by atoms with Gasteiger partial charge in [-0.15, -0.1) is 11.3 Å². The number of fused-ring (bicyclic) bond motifs is 1. The number of hydrogen-bond donors (Lipinski definition) is 2. The standard InChI is InChI=1S/C33H43N5O5S2/c1-22(2)18-38(19-23(3)4)45(42,43)26-14-12-25(13-15-26)30(39)34-32-29(31(40)35-33(41)36(5)6)27-16-17-37(21-28(27)44-32)20-24-10-8-7-9-11-24/h7-15,22-23H,16-21H2,1-6H3,(H,34,39)(H,35,40,41). The van der Waals surface area contributed by atoms with Crippen molar-refractivity contribution in [3.63, 3.8) is 0 Å². The number of imide groups is 1. The number of carbonyl (C=O) groups is 3. The van der Waals surface area contributed by atoms with Crippen molar-refractivity contribution in [1.82, 2.24) is 19.4 Å². The summed E-state index contributed by atoms with van der Waals surface area (Å²) in [6.07, 6.45) is 0.587. The van der Waals surface area contributed by atoms with E-state index in [2.05, 4.69) is 27.7 Å². The summed E-state index contributed by atoms with van der Waals surface area (Å²) >= 11 is 1.32. The normalized spacial score (nSPS) is 13.6. The van der Waals surface area contributed by atoms with E-state index in [4.69, 9.17) is 0 Å². The number of hydrogen-bond acceptors (Lipinski definition) is 7. The minimum Gasteiger partial charge on any atom is -0.331 e. The zero-order valence-corrected chi connectivity index (χ0v) is 28.4. The number of rotatable bonds is 11. The molecule has 0 unspecified atom stereocenters. The molecule has 0 bridgehead atoms. The molecule has 3 aromatic rings. The average molecular weight is 654 g/mol. The van der Waals surface area contributed by atoms with E-state index in [0.29, 0.717) is 37.6 Å². The maximum absolute atomic E-state index is 13.4. The molecular formula is C33H43N5O5S2. The van der Waals surface area contributed by atoms with E-state index < -0.39 is 27.9 Å². The Morgan fingerprint density at radius 2 is 1.53 bits per heavy atom. The molecule has 0 fully saturated rings. The Morgan fingerprint density at radius 1 is 0.911 bits per heavy atom. The van der Waals surface area contributed by atoms with Gasteiger partial charge >= 0.3 is 6.03 Å². The van der Waals surface area contributed by atoms with Crippen LogP contribution < -0.4 is 10.6 Å². The molecule has 0 atom stereocenters. The highest BCUT2D eigenvalue weighted by molar-refractivity contribution is 7.89. The average Bonchev–Trinajstić information content (AvgIpc) is 3.33. The highest BCUT2D eigenvalue weighted by Crippen LogP contribution is 2.38. The number of nitrogens with one attached hydrogen (secondary N) is 2. The number of thiophene rings is 1. The third-order valence-corrected chi connectivity index (χ3v) is 10.3. The molecule has 2 heterocycles. The van der Waals surface area contributed by atoms with Crippen LogP contribution in [0.3, 0.4) is 0 Å². The second-order valence-electron chi connectivity index (χ2n) is 12.4. The summed E-state index contributed by atoms with van der Waals surface area (Å²) in [7, 11) is -0.657. The van der Waals surface area contributed by atoms with Crippen molar-refractivity contribution in [1.29, 1.82) is 0 Å². The van der Waals surface area contributed by atoms with Gasteiger partial charge in [0.2, 0.25) is 10.0 Å². The monoisotopic (exact) mass is 653 g/mol. The molecule has 4 amide bonds. The predicted octanol–water partition coefficient (Wildman–Crippen LogP) is 5.27. The Morgan fingerprint density at radius 3 is 2.11 bits per heavy atom. The third-order valence-electron chi connectivity index (χ3n) is 7.36. The molecule has 0 saturated carbocycles. The van der Waals surface area contributed by atoms with E-state index in [1.807, 2.05) is 45.9 Å². The molecule has 4 rings (SSSR count). The molecule has 0 spiro atoms. The highest BCUT2D eigenvalue weighted by Gasteiger charge is 2.31. The van der Waals surface area contributed by atoms with Crippen LogP contribution in [0.4, 0.5) is 9.80 Å². The zero-order valence-electron chi connectivity index (χ0n) is 26.8. The second kappa shape index (κ2) is 14.7.